The van der Waals surface area contributed by atoms with Gasteiger partial charge < -0.3 is 14.8 Å². The Balaban J connectivity index is 3.07. The van der Waals surface area contributed by atoms with Gasteiger partial charge in [0.15, 0.2) is 0 Å². The highest BCUT2D eigenvalue weighted by molar-refractivity contribution is 7.89. The Kier molecular flexibility index (Phi) is 7.10. The molecule has 120 valence electrons. The summed E-state index contributed by atoms with van der Waals surface area (Å²) >= 11 is 0. The minimum Gasteiger partial charge on any atom is -0.495 e. The molecule has 0 amide bonds. The first-order valence-corrected chi connectivity index (χ1v) is 8.18. The number of benzene rings is 1. The Hall–Kier alpha value is -1.15. The average molecular weight is 316 g/mol. The molecule has 0 aromatic heterocycles. The van der Waals surface area contributed by atoms with Crippen LogP contribution in [0.3, 0.4) is 0 Å². The Labute approximate surface area is 127 Å². The lowest BCUT2D eigenvalue weighted by Crippen LogP contribution is -2.29. The number of hydrogen-bond donors (Lipinski definition) is 1. The highest BCUT2D eigenvalue weighted by Gasteiger charge is 2.24. The molecule has 6 nitrogen and oxygen atoms in total. The van der Waals surface area contributed by atoms with Gasteiger partial charge in [-0.1, -0.05) is 6.07 Å². The molecule has 21 heavy (non-hydrogen) atoms. The number of methoxy groups -OCH3 is 2. The van der Waals surface area contributed by atoms with Gasteiger partial charge in [-0.3, -0.25) is 0 Å². The molecular formula is C14H24N2O4S. The number of nitrogens with zero attached hydrogens (tertiary/aromatic N) is 1. The molecule has 0 unspecified atom stereocenters. The van der Waals surface area contributed by atoms with Gasteiger partial charge in [0, 0.05) is 33.9 Å². The third kappa shape index (κ3) is 4.67. The monoisotopic (exact) mass is 316 g/mol. The molecule has 1 aromatic carbocycles. The molecule has 1 N–H and O–H groups in total. The molecule has 1 rings (SSSR count). The predicted molar refractivity (Wildman–Crippen MR) is 82.1 cm³/mol. The lowest BCUT2D eigenvalue weighted by atomic mass is 10.2. The number of hydrogen-bond acceptors (Lipinski definition) is 5. The van der Waals surface area contributed by atoms with Crippen molar-refractivity contribution in [1.82, 2.24) is 9.62 Å². The van der Waals surface area contributed by atoms with Crippen molar-refractivity contribution in [2.75, 3.05) is 41.5 Å². The van der Waals surface area contributed by atoms with Gasteiger partial charge in [0.2, 0.25) is 10.0 Å². The molecule has 0 atom stereocenters. The van der Waals surface area contributed by atoms with Crippen molar-refractivity contribution >= 4 is 10.0 Å². The van der Waals surface area contributed by atoms with Crippen LogP contribution in [0.25, 0.3) is 0 Å². The third-order valence-corrected chi connectivity index (χ3v) is 5.00. The summed E-state index contributed by atoms with van der Waals surface area (Å²) in [5, 5.41) is 3.01. The van der Waals surface area contributed by atoms with Crippen LogP contribution in [0.1, 0.15) is 12.0 Å². The summed E-state index contributed by atoms with van der Waals surface area (Å²) in [4.78, 5) is 0.192. The fourth-order valence-electron chi connectivity index (χ4n) is 1.96. The Bertz CT molecular complexity index is 546. The zero-order chi connectivity index (χ0) is 15.9. The normalized spacial score (nSPS) is 11.9. The van der Waals surface area contributed by atoms with Gasteiger partial charge in [0.05, 0.1) is 7.11 Å². The van der Waals surface area contributed by atoms with E-state index in [-0.39, 0.29) is 4.90 Å². The van der Waals surface area contributed by atoms with Crippen molar-refractivity contribution < 1.29 is 17.9 Å². The summed E-state index contributed by atoms with van der Waals surface area (Å²) in [7, 11) is 2.87. The smallest absolute Gasteiger partial charge is 0.246 e. The average Bonchev–Trinajstić information content (AvgIpc) is 2.47. The van der Waals surface area contributed by atoms with Crippen molar-refractivity contribution in [1.29, 1.82) is 0 Å². The van der Waals surface area contributed by atoms with Gasteiger partial charge in [0.1, 0.15) is 10.6 Å². The van der Waals surface area contributed by atoms with Gasteiger partial charge in [0.25, 0.3) is 0 Å². The van der Waals surface area contributed by atoms with E-state index in [0.717, 1.165) is 5.56 Å². The van der Waals surface area contributed by atoms with Crippen LogP contribution in [0.2, 0.25) is 0 Å². The number of rotatable bonds is 9. The van der Waals surface area contributed by atoms with Crippen molar-refractivity contribution in [2.24, 2.45) is 0 Å². The second-order valence-electron chi connectivity index (χ2n) is 4.69. The molecule has 7 heteroatoms. The van der Waals surface area contributed by atoms with E-state index in [1.54, 1.807) is 26.3 Å². The molecule has 0 radical (unpaired) electrons. The Morgan fingerprint density at radius 3 is 2.57 bits per heavy atom. The standard InChI is InChI=1S/C14H24N2O4S/c1-15-11-12-6-7-13(20-4)14(10-12)21(17,18)16(2)8-5-9-19-3/h6-7,10,15H,5,8-9,11H2,1-4H3. The summed E-state index contributed by atoms with van der Waals surface area (Å²) in [5.74, 6) is 0.355. The van der Waals surface area contributed by atoms with E-state index in [0.29, 0.717) is 31.9 Å². The first kappa shape index (κ1) is 17.9. The third-order valence-electron chi connectivity index (χ3n) is 3.12. The van der Waals surface area contributed by atoms with E-state index in [9.17, 15) is 8.42 Å². The Morgan fingerprint density at radius 1 is 1.29 bits per heavy atom. The largest absolute Gasteiger partial charge is 0.495 e. The van der Waals surface area contributed by atoms with Gasteiger partial charge in [-0.2, -0.15) is 0 Å². The number of nitrogens with one attached hydrogen (secondary N) is 1. The van der Waals surface area contributed by atoms with E-state index in [1.165, 1.54) is 11.4 Å². The lowest BCUT2D eigenvalue weighted by molar-refractivity contribution is 0.189. The van der Waals surface area contributed by atoms with Gasteiger partial charge in [-0.05, 0) is 31.2 Å². The molecule has 0 aliphatic rings. The molecule has 1 aromatic rings. The van der Waals surface area contributed by atoms with Crippen molar-refractivity contribution in [3.8, 4) is 5.75 Å². The molecule has 0 heterocycles. The second kappa shape index (κ2) is 8.33. The van der Waals surface area contributed by atoms with Crippen LogP contribution in [-0.2, 0) is 21.3 Å². The quantitative estimate of drug-likeness (QED) is 0.690. The molecule has 0 aliphatic carbocycles. The van der Waals surface area contributed by atoms with E-state index in [4.69, 9.17) is 9.47 Å². The highest BCUT2D eigenvalue weighted by atomic mass is 32.2. The van der Waals surface area contributed by atoms with E-state index in [2.05, 4.69) is 5.32 Å². The molecular weight excluding hydrogens is 292 g/mol. The summed E-state index contributed by atoms with van der Waals surface area (Å²) in [5.41, 5.74) is 0.891. The van der Waals surface area contributed by atoms with Crippen LogP contribution in [0.5, 0.6) is 5.75 Å². The van der Waals surface area contributed by atoms with Gasteiger partial charge >= 0.3 is 0 Å². The van der Waals surface area contributed by atoms with E-state index in [1.807, 2.05) is 13.1 Å². The lowest BCUT2D eigenvalue weighted by Gasteiger charge is -2.19. The minimum absolute atomic E-state index is 0.192. The summed E-state index contributed by atoms with van der Waals surface area (Å²) in [6.45, 7) is 1.52. The molecule has 0 bridgehead atoms. The van der Waals surface area contributed by atoms with Crippen LogP contribution in [0.4, 0.5) is 0 Å². The zero-order valence-corrected chi connectivity index (χ0v) is 13.9. The predicted octanol–water partition coefficient (Wildman–Crippen LogP) is 1.07. The van der Waals surface area contributed by atoms with Crippen molar-refractivity contribution in [3.05, 3.63) is 23.8 Å². The molecule has 0 saturated carbocycles. The summed E-state index contributed by atoms with van der Waals surface area (Å²) in [6, 6.07) is 5.18. The van der Waals surface area contributed by atoms with Gasteiger partial charge in [-0.15, -0.1) is 0 Å². The van der Waals surface area contributed by atoms with Crippen LogP contribution in [-0.4, -0.2) is 54.2 Å². The SMILES string of the molecule is CNCc1ccc(OC)c(S(=O)(=O)N(C)CCCOC)c1. The maximum Gasteiger partial charge on any atom is 0.246 e. The first-order valence-electron chi connectivity index (χ1n) is 6.74. The fraction of sp³-hybridized carbons (Fsp3) is 0.571. The maximum absolute atomic E-state index is 12.6. The number of ether oxygens (including phenoxy) is 2. The van der Waals surface area contributed by atoms with Gasteiger partial charge in [-0.25, -0.2) is 12.7 Å². The zero-order valence-electron chi connectivity index (χ0n) is 13.0. The molecule has 0 saturated heterocycles. The van der Waals surface area contributed by atoms with Crippen LogP contribution in [0, 0.1) is 0 Å². The fourth-order valence-corrected chi connectivity index (χ4v) is 3.37. The molecule has 0 fully saturated rings. The summed E-state index contributed by atoms with van der Waals surface area (Å²) < 4.78 is 36.8. The molecule has 0 aliphatic heterocycles. The summed E-state index contributed by atoms with van der Waals surface area (Å²) in [6.07, 6.45) is 0.644. The van der Waals surface area contributed by atoms with Crippen molar-refractivity contribution in [3.63, 3.8) is 0 Å². The van der Waals surface area contributed by atoms with E-state index < -0.39 is 10.0 Å². The second-order valence-corrected chi connectivity index (χ2v) is 6.70. The van der Waals surface area contributed by atoms with Crippen LogP contribution >= 0.6 is 0 Å². The Morgan fingerprint density at radius 2 is 2.00 bits per heavy atom. The highest BCUT2D eigenvalue weighted by Crippen LogP contribution is 2.27. The van der Waals surface area contributed by atoms with Crippen LogP contribution in [0.15, 0.2) is 23.1 Å². The topological polar surface area (TPSA) is 67.9 Å². The minimum atomic E-state index is -3.58. The van der Waals surface area contributed by atoms with E-state index >= 15 is 0 Å². The van der Waals surface area contributed by atoms with Crippen molar-refractivity contribution in [2.45, 2.75) is 17.9 Å². The number of sulfonamides is 1. The maximum atomic E-state index is 12.6. The van der Waals surface area contributed by atoms with Crippen LogP contribution < -0.4 is 10.1 Å². The molecule has 0 spiro atoms. The first-order chi connectivity index (χ1) is 9.97.